The van der Waals surface area contributed by atoms with Crippen LogP contribution in [0.5, 0.6) is 0 Å². The second-order valence-corrected chi connectivity index (χ2v) is 9.20. The monoisotopic (exact) mass is 558 g/mol. The first-order valence-corrected chi connectivity index (χ1v) is 12.3. The number of imidazole rings is 2. The fourth-order valence-corrected chi connectivity index (χ4v) is 4.41. The minimum Gasteiger partial charge on any atom is -0.325 e. The summed E-state index contributed by atoms with van der Waals surface area (Å²) in [4.78, 5) is 30.3. The summed E-state index contributed by atoms with van der Waals surface area (Å²) in [6, 6.07) is 8.39. The van der Waals surface area contributed by atoms with Gasteiger partial charge in [0.15, 0.2) is 11.5 Å². The van der Waals surface area contributed by atoms with Gasteiger partial charge in [-0.25, -0.2) is 19.9 Å². The van der Waals surface area contributed by atoms with Crippen molar-refractivity contribution in [2.24, 2.45) is 0 Å². The maximum absolute atomic E-state index is 13.7. The van der Waals surface area contributed by atoms with Crippen LogP contribution in [0, 0.1) is 13.8 Å². The molecule has 3 N–H and O–H groups in total. The number of amides is 1. The molecule has 14 heteroatoms. The number of aromatic amines is 1. The van der Waals surface area contributed by atoms with Crippen molar-refractivity contribution in [2.75, 3.05) is 10.6 Å². The van der Waals surface area contributed by atoms with Crippen LogP contribution in [0.3, 0.4) is 0 Å². The topological polar surface area (TPSA) is 131 Å². The van der Waals surface area contributed by atoms with Crippen LogP contribution >= 0.6 is 0 Å². The zero-order valence-corrected chi connectivity index (χ0v) is 21.6. The largest absolute Gasteiger partial charge is 0.416 e. The highest BCUT2D eigenvalue weighted by Gasteiger charge is 2.31. The molecule has 6 rings (SSSR count). The highest BCUT2D eigenvalue weighted by Crippen LogP contribution is 2.33. The maximum atomic E-state index is 13.7. The first-order valence-electron chi connectivity index (χ1n) is 12.3. The number of aromatic nitrogens is 8. The van der Waals surface area contributed by atoms with Gasteiger partial charge in [-0.3, -0.25) is 14.5 Å². The Morgan fingerprint density at radius 1 is 1.05 bits per heavy atom. The minimum atomic E-state index is -4.61. The number of alkyl halides is 3. The van der Waals surface area contributed by atoms with Crippen LogP contribution in [0.1, 0.15) is 27.2 Å². The van der Waals surface area contributed by atoms with Gasteiger partial charge in [0.1, 0.15) is 6.33 Å². The van der Waals surface area contributed by atoms with Crippen molar-refractivity contribution in [3.8, 4) is 11.5 Å². The molecule has 2 aromatic carbocycles. The normalized spacial score (nSPS) is 11.6. The molecular formula is C27H21F3N10O. The summed E-state index contributed by atoms with van der Waals surface area (Å²) in [5.74, 6) is 0.395. The predicted octanol–water partition coefficient (Wildman–Crippen LogP) is 5.36. The molecule has 0 radical (unpaired) electrons. The molecule has 0 bridgehead atoms. The molecule has 0 atom stereocenters. The molecule has 4 aromatic heterocycles. The summed E-state index contributed by atoms with van der Waals surface area (Å²) in [6.45, 7) is 3.46. The number of halogens is 3. The summed E-state index contributed by atoms with van der Waals surface area (Å²) >= 11 is 0. The standard InChI is InChI=1S/C27H21F3N10O/c1-15-12-39(14-34-15)19-9-17(27(28,29)30)8-18(10-19)36-25(41)20-4-3-5-22(16(20)2)37-26-31-6-7-40(26)24-21-11-35-38-23(21)32-13-33-24/h3-14H,1-2H3,(H,31,37)(H,36,41)(H,32,33,35,38). The van der Waals surface area contributed by atoms with E-state index in [0.717, 1.165) is 12.1 Å². The van der Waals surface area contributed by atoms with E-state index in [1.165, 1.54) is 23.3 Å². The molecule has 0 fully saturated rings. The summed E-state index contributed by atoms with van der Waals surface area (Å²) in [7, 11) is 0. The predicted molar refractivity (Wildman–Crippen MR) is 145 cm³/mol. The Balaban J connectivity index is 1.30. The third-order valence-electron chi connectivity index (χ3n) is 6.43. The van der Waals surface area contributed by atoms with Gasteiger partial charge in [0.05, 0.1) is 29.2 Å². The van der Waals surface area contributed by atoms with Crippen LogP contribution in [0.2, 0.25) is 0 Å². The zero-order valence-electron chi connectivity index (χ0n) is 21.6. The molecule has 0 spiro atoms. The average molecular weight is 559 g/mol. The van der Waals surface area contributed by atoms with Crippen molar-refractivity contribution in [2.45, 2.75) is 20.0 Å². The number of hydrogen-bond acceptors (Lipinski definition) is 7. The lowest BCUT2D eigenvalue weighted by molar-refractivity contribution is -0.137. The second-order valence-electron chi connectivity index (χ2n) is 9.20. The number of benzene rings is 2. The molecule has 0 unspecified atom stereocenters. The number of aryl methyl sites for hydroxylation is 1. The molecule has 1 amide bonds. The first-order chi connectivity index (χ1) is 19.7. The van der Waals surface area contributed by atoms with Gasteiger partial charge >= 0.3 is 6.18 Å². The van der Waals surface area contributed by atoms with Gasteiger partial charge in [0.25, 0.3) is 5.91 Å². The van der Waals surface area contributed by atoms with Crippen LogP contribution < -0.4 is 10.6 Å². The Bertz CT molecular complexity index is 1900. The Hall–Kier alpha value is -5.53. The molecule has 4 heterocycles. The second kappa shape index (κ2) is 9.89. The van der Waals surface area contributed by atoms with Gasteiger partial charge in [-0.15, -0.1) is 0 Å². The van der Waals surface area contributed by atoms with Crippen LogP contribution in [0.15, 0.2) is 73.8 Å². The van der Waals surface area contributed by atoms with Gasteiger partial charge in [-0.05, 0) is 49.7 Å². The van der Waals surface area contributed by atoms with Crippen molar-refractivity contribution < 1.29 is 18.0 Å². The summed E-state index contributed by atoms with van der Waals surface area (Å²) < 4.78 is 44.2. The number of rotatable bonds is 6. The van der Waals surface area contributed by atoms with Gasteiger partial charge in [0.2, 0.25) is 5.95 Å². The van der Waals surface area contributed by atoms with Crippen LogP contribution in [-0.2, 0) is 6.18 Å². The number of fused-ring (bicyclic) bond motifs is 1. The molecule has 11 nitrogen and oxygen atoms in total. The summed E-state index contributed by atoms with van der Waals surface area (Å²) in [5, 5.41) is 13.3. The number of nitrogens with one attached hydrogen (secondary N) is 3. The highest BCUT2D eigenvalue weighted by atomic mass is 19.4. The van der Waals surface area contributed by atoms with E-state index in [1.54, 1.807) is 61.4 Å². The summed E-state index contributed by atoms with van der Waals surface area (Å²) in [5.41, 5.74) is 1.91. The fourth-order valence-electron chi connectivity index (χ4n) is 4.41. The van der Waals surface area contributed by atoms with E-state index < -0.39 is 17.6 Å². The van der Waals surface area contributed by atoms with E-state index in [1.807, 2.05) is 0 Å². The molecule has 6 aromatic rings. The van der Waals surface area contributed by atoms with Gasteiger partial charge in [-0.2, -0.15) is 18.3 Å². The minimum absolute atomic E-state index is 0.00706. The lowest BCUT2D eigenvalue weighted by atomic mass is 10.1. The molecule has 0 aliphatic carbocycles. The number of hydrogen-bond donors (Lipinski definition) is 3. The number of anilines is 3. The van der Waals surface area contributed by atoms with Crippen LogP contribution in [-0.4, -0.2) is 45.2 Å². The van der Waals surface area contributed by atoms with Crippen LogP contribution in [0.4, 0.5) is 30.5 Å². The van der Waals surface area contributed by atoms with Crippen molar-refractivity contribution in [3.63, 3.8) is 0 Å². The SMILES string of the molecule is Cc1cn(-c2cc(NC(=O)c3cccc(Nc4nccn4-c4ncnc5[nH]ncc45)c3C)cc(C(F)(F)F)c2)cn1. The van der Waals surface area contributed by atoms with E-state index in [2.05, 4.69) is 40.8 Å². The van der Waals surface area contributed by atoms with Crippen molar-refractivity contribution in [1.29, 1.82) is 0 Å². The lowest BCUT2D eigenvalue weighted by Gasteiger charge is -2.16. The number of carbonyl (C=O) groups excluding carboxylic acids is 1. The van der Waals surface area contributed by atoms with E-state index in [0.29, 0.717) is 39.7 Å². The van der Waals surface area contributed by atoms with Crippen molar-refractivity contribution in [1.82, 2.24) is 39.3 Å². The zero-order chi connectivity index (χ0) is 28.7. The van der Waals surface area contributed by atoms with Gasteiger partial charge < -0.3 is 15.2 Å². The number of nitrogens with zero attached hydrogens (tertiary/aromatic N) is 7. The van der Waals surface area contributed by atoms with E-state index in [-0.39, 0.29) is 16.9 Å². The van der Waals surface area contributed by atoms with E-state index >= 15 is 0 Å². The first kappa shape index (κ1) is 25.7. The molecule has 0 aliphatic heterocycles. The van der Waals surface area contributed by atoms with Crippen molar-refractivity contribution >= 4 is 34.3 Å². The van der Waals surface area contributed by atoms with Crippen molar-refractivity contribution in [3.05, 3.63) is 96.2 Å². The maximum Gasteiger partial charge on any atom is 0.416 e. The Morgan fingerprint density at radius 2 is 1.90 bits per heavy atom. The Morgan fingerprint density at radius 3 is 2.68 bits per heavy atom. The average Bonchev–Trinajstić information content (AvgIpc) is 3.70. The van der Waals surface area contributed by atoms with Gasteiger partial charge in [-0.1, -0.05) is 6.07 Å². The Kier molecular flexibility index (Phi) is 6.21. The smallest absolute Gasteiger partial charge is 0.325 e. The number of H-pyrrole nitrogens is 1. The highest BCUT2D eigenvalue weighted by molar-refractivity contribution is 6.06. The third-order valence-corrected chi connectivity index (χ3v) is 6.43. The molecule has 206 valence electrons. The van der Waals surface area contributed by atoms with Crippen LogP contribution in [0.25, 0.3) is 22.5 Å². The van der Waals surface area contributed by atoms with Gasteiger partial charge in [0, 0.05) is 41.2 Å². The third kappa shape index (κ3) is 4.97. The van der Waals surface area contributed by atoms with E-state index in [9.17, 15) is 18.0 Å². The molecule has 0 saturated heterocycles. The fraction of sp³-hybridized carbons (Fsp3) is 0.111. The Labute approximate surface area is 230 Å². The van der Waals surface area contributed by atoms with E-state index in [4.69, 9.17) is 0 Å². The molecular weight excluding hydrogens is 537 g/mol. The quantitative estimate of drug-likeness (QED) is 0.251. The molecule has 0 aliphatic rings. The number of carbonyl (C=O) groups is 1. The molecule has 41 heavy (non-hydrogen) atoms. The molecule has 0 saturated carbocycles. The lowest BCUT2D eigenvalue weighted by Crippen LogP contribution is -2.16. The summed E-state index contributed by atoms with van der Waals surface area (Å²) in [6.07, 6.45) is 4.73.